The number of carboxylic acids is 1. The van der Waals surface area contributed by atoms with Gasteiger partial charge in [-0.1, -0.05) is 0 Å². The summed E-state index contributed by atoms with van der Waals surface area (Å²) in [6, 6.07) is 0. The first kappa shape index (κ1) is 8.90. The lowest BCUT2D eigenvalue weighted by atomic mass is 10.2. The average Bonchev–Trinajstić information content (AvgIpc) is 1.87. The van der Waals surface area contributed by atoms with E-state index in [1.165, 1.54) is 7.05 Å². The summed E-state index contributed by atoms with van der Waals surface area (Å²) in [5, 5.41) is 18.9. The van der Waals surface area contributed by atoms with Crippen LogP contribution in [0, 0.1) is 0 Å². The minimum atomic E-state index is -1.60. The Morgan fingerprint density at radius 1 is 1.60 bits per heavy atom. The van der Waals surface area contributed by atoms with Crippen LogP contribution in [0.4, 0.5) is 0 Å². The first-order chi connectivity index (χ1) is 4.57. The van der Waals surface area contributed by atoms with Gasteiger partial charge < -0.3 is 15.5 Å². The Bertz CT molecular complexity index is 145. The molecule has 0 radical (unpaired) electrons. The highest BCUT2D eigenvalue weighted by molar-refractivity contribution is 5.83. The van der Waals surface area contributed by atoms with Gasteiger partial charge in [-0.25, -0.2) is 4.79 Å². The molecule has 5 nitrogen and oxygen atoms in total. The number of hydrogen-bond acceptors (Lipinski definition) is 3. The van der Waals surface area contributed by atoms with Crippen LogP contribution < -0.4 is 5.32 Å². The van der Waals surface area contributed by atoms with Gasteiger partial charge in [0.15, 0.2) is 6.10 Å². The van der Waals surface area contributed by atoms with E-state index in [1.807, 2.05) is 0 Å². The number of carbonyl (C=O) groups excluding carboxylic acids is 1. The van der Waals surface area contributed by atoms with Gasteiger partial charge in [0.25, 0.3) is 0 Å². The normalized spacial score (nSPS) is 12.2. The van der Waals surface area contributed by atoms with Crippen molar-refractivity contribution >= 4 is 11.9 Å². The van der Waals surface area contributed by atoms with E-state index < -0.39 is 24.4 Å². The van der Waals surface area contributed by atoms with Crippen LogP contribution in [0.15, 0.2) is 0 Å². The summed E-state index contributed by atoms with van der Waals surface area (Å²) < 4.78 is 0. The quantitative estimate of drug-likeness (QED) is 0.456. The second kappa shape index (κ2) is 3.84. The number of hydrogen-bond donors (Lipinski definition) is 3. The average molecular weight is 147 g/mol. The fraction of sp³-hybridized carbons (Fsp3) is 0.600. The molecule has 58 valence electrons. The smallest absolute Gasteiger partial charge is 0.333 e. The van der Waals surface area contributed by atoms with E-state index in [-0.39, 0.29) is 0 Å². The van der Waals surface area contributed by atoms with Gasteiger partial charge in [-0.2, -0.15) is 0 Å². The van der Waals surface area contributed by atoms with E-state index >= 15 is 0 Å². The molecular formula is C5H9NO4. The molecule has 0 rings (SSSR count). The van der Waals surface area contributed by atoms with Gasteiger partial charge in [0.1, 0.15) is 0 Å². The van der Waals surface area contributed by atoms with Gasteiger partial charge in [0, 0.05) is 7.05 Å². The van der Waals surface area contributed by atoms with Crippen LogP contribution in [0.25, 0.3) is 0 Å². The van der Waals surface area contributed by atoms with Crippen molar-refractivity contribution in [3.8, 4) is 0 Å². The van der Waals surface area contributed by atoms with Gasteiger partial charge in [-0.05, 0) is 0 Å². The summed E-state index contributed by atoms with van der Waals surface area (Å²) in [5.74, 6) is -1.88. The van der Waals surface area contributed by atoms with Gasteiger partial charge >= 0.3 is 5.97 Å². The number of aliphatic hydroxyl groups is 1. The number of aliphatic hydroxyl groups excluding tert-OH is 1. The van der Waals surface area contributed by atoms with Gasteiger partial charge in [0.2, 0.25) is 5.91 Å². The molecule has 0 saturated heterocycles. The van der Waals surface area contributed by atoms with Crippen LogP contribution in [0.3, 0.4) is 0 Å². The van der Waals surface area contributed by atoms with Crippen molar-refractivity contribution in [2.45, 2.75) is 12.5 Å². The molecule has 0 aromatic rings. The Labute approximate surface area is 57.7 Å². The van der Waals surface area contributed by atoms with E-state index in [0.29, 0.717) is 0 Å². The predicted molar refractivity (Wildman–Crippen MR) is 32.3 cm³/mol. The molecule has 5 heteroatoms. The second-order valence-electron chi connectivity index (χ2n) is 1.73. The van der Waals surface area contributed by atoms with Crippen LogP contribution in [-0.2, 0) is 9.59 Å². The van der Waals surface area contributed by atoms with Crippen LogP contribution in [-0.4, -0.2) is 35.2 Å². The molecule has 0 fully saturated rings. The van der Waals surface area contributed by atoms with E-state index in [9.17, 15) is 9.59 Å². The number of aliphatic carboxylic acids is 1. The molecule has 0 saturated carbocycles. The van der Waals surface area contributed by atoms with Crippen LogP contribution in [0.1, 0.15) is 6.42 Å². The van der Waals surface area contributed by atoms with Crippen molar-refractivity contribution in [3.63, 3.8) is 0 Å². The zero-order valence-electron chi connectivity index (χ0n) is 5.50. The molecule has 3 N–H and O–H groups in total. The lowest BCUT2D eigenvalue weighted by Gasteiger charge is -2.02. The molecule has 0 bridgehead atoms. The largest absolute Gasteiger partial charge is 0.479 e. The summed E-state index contributed by atoms with van der Waals surface area (Å²) in [6.07, 6.45) is -1.99. The van der Waals surface area contributed by atoms with Crippen molar-refractivity contribution in [2.75, 3.05) is 7.05 Å². The lowest BCUT2D eigenvalue weighted by molar-refractivity contribution is -0.149. The Morgan fingerprint density at radius 3 is 2.40 bits per heavy atom. The highest BCUT2D eigenvalue weighted by atomic mass is 16.4. The van der Waals surface area contributed by atoms with Crippen molar-refractivity contribution in [3.05, 3.63) is 0 Å². The number of carboxylic acid groups (broad SMARTS) is 1. The lowest BCUT2D eigenvalue weighted by Crippen LogP contribution is -2.28. The Hall–Kier alpha value is -1.10. The molecule has 0 spiro atoms. The standard InChI is InChI=1S/C5H9NO4/c1-6-4(8)2-3(7)5(9)10/h3,7H,2H2,1H3,(H,6,8)(H,9,10)/t3-/m0/s1. The highest BCUT2D eigenvalue weighted by Crippen LogP contribution is 1.89. The minimum absolute atomic E-state index is 0.397. The third-order valence-corrected chi connectivity index (χ3v) is 0.943. The first-order valence-corrected chi connectivity index (χ1v) is 2.69. The molecule has 0 aromatic carbocycles. The molecule has 0 aliphatic rings. The Kier molecular flexibility index (Phi) is 3.42. The zero-order chi connectivity index (χ0) is 8.15. The summed E-state index contributed by atoms with van der Waals surface area (Å²) in [4.78, 5) is 20.3. The topological polar surface area (TPSA) is 86.6 Å². The minimum Gasteiger partial charge on any atom is -0.479 e. The van der Waals surface area contributed by atoms with Crippen LogP contribution >= 0.6 is 0 Å². The number of nitrogens with one attached hydrogen (secondary N) is 1. The SMILES string of the molecule is CNC(=O)C[C@H](O)C(=O)O. The fourth-order valence-electron chi connectivity index (χ4n) is 0.365. The third kappa shape index (κ3) is 3.03. The maximum absolute atomic E-state index is 10.4. The maximum atomic E-state index is 10.4. The fourth-order valence-corrected chi connectivity index (χ4v) is 0.365. The van der Waals surface area contributed by atoms with E-state index in [0.717, 1.165) is 0 Å². The van der Waals surface area contributed by atoms with Gasteiger partial charge in [-0.15, -0.1) is 0 Å². The molecule has 0 aliphatic heterocycles. The van der Waals surface area contributed by atoms with Crippen LogP contribution in [0.5, 0.6) is 0 Å². The van der Waals surface area contributed by atoms with E-state index in [1.54, 1.807) is 0 Å². The molecule has 0 aliphatic carbocycles. The van der Waals surface area contributed by atoms with E-state index in [4.69, 9.17) is 10.2 Å². The summed E-state index contributed by atoms with van der Waals surface area (Å²) in [5.41, 5.74) is 0. The third-order valence-electron chi connectivity index (χ3n) is 0.943. The molecule has 1 amide bonds. The van der Waals surface area contributed by atoms with Crippen molar-refractivity contribution < 1.29 is 19.8 Å². The Morgan fingerprint density at radius 2 is 2.10 bits per heavy atom. The van der Waals surface area contributed by atoms with E-state index in [2.05, 4.69) is 5.32 Å². The monoisotopic (exact) mass is 147 g/mol. The van der Waals surface area contributed by atoms with Crippen molar-refractivity contribution in [1.29, 1.82) is 0 Å². The highest BCUT2D eigenvalue weighted by Gasteiger charge is 2.16. The second-order valence-corrected chi connectivity index (χ2v) is 1.73. The first-order valence-electron chi connectivity index (χ1n) is 2.69. The number of amides is 1. The molecular weight excluding hydrogens is 138 g/mol. The molecule has 10 heavy (non-hydrogen) atoms. The number of rotatable bonds is 3. The summed E-state index contributed by atoms with van der Waals surface area (Å²) in [7, 11) is 1.37. The van der Waals surface area contributed by atoms with Gasteiger partial charge in [-0.3, -0.25) is 4.79 Å². The predicted octanol–water partition coefficient (Wildman–Crippen LogP) is -1.43. The van der Waals surface area contributed by atoms with Crippen molar-refractivity contribution in [2.24, 2.45) is 0 Å². The van der Waals surface area contributed by atoms with Gasteiger partial charge in [0.05, 0.1) is 6.42 Å². The maximum Gasteiger partial charge on any atom is 0.333 e. The zero-order valence-corrected chi connectivity index (χ0v) is 5.50. The molecule has 0 aromatic heterocycles. The van der Waals surface area contributed by atoms with Crippen LogP contribution in [0.2, 0.25) is 0 Å². The molecule has 0 unspecified atom stereocenters. The summed E-state index contributed by atoms with van der Waals surface area (Å²) in [6.45, 7) is 0. The van der Waals surface area contributed by atoms with Crippen molar-refractivity contribution in [1.82, 2.24) is 5.32 Å². The molecule has 1 atom stereocenters. The Balaban J connectivity index is 3.68. The number of carbonyl (C=O) groups is 2. The summed E-state index contributed by atoms with van der Waals surface area (Å²) >= 11 is 0. The molecule has 0 heterocycles.